The van der Waals surface area contributed by atoms with Crippen LogP contribution in [0.25, 0.3) is 22.3 Å². The maximum absolute atomic E-state index is 13.3. The van der Waals surface area contributed by atoms with E-state index in [0.717, 1.165) is 10.0 Å². The zero-order chi connectivity index (χ0) is 24.2. The molecule has 1 heterocycles. The van der Waals surface area contributed by atoms with E-state index in [2.05, 4.69) is 21.0 Å². The highest BCUT2D eigenvalue weighted by Gasteiger charge is 2.14. The molecule has 7 heteroatoms. The van der Waals surface area contributed by atoms with E-state index in [4.69, 9.17) is 9.72 Å². The van der Waals surface area contributed by atoms with Gasteiger partial charge in [-0.2, -0.15) is 9.78 Å². The van der Waals surface area contributed by atoms with Gasteiger partial charge in [0.05, 0.1) is 22.7 Å². The van der Waals surface area contributed by atoms with Gasteiger partial charge in [-0.05, 0) is 48.5 Å². The van der Waals surface area contributed by atoms with Crippen LogP contribution in [0.3, 0.4) is 0 Å². The van der Waals surface area contributed by atoms with Gasteiger partial charge in [0.15, 0.2) is 5.82 Å². The monoisotopic (exact) mass is 523 g/mol. The van der Waals surface area contributed by atoms with E-state index in [-0.39, 0.29) is 5.56 Å². The maximum atomic E-state index is 13.3. The third kappa shape index (κ3) is 4.81. The number of hydrogen-bond acceptors (Lipinski definition) is 5. The molecule has 1 aromatic heterocycles. The molecule has 0 fully saturated rings. The van der Waals surface area contributed by atoms with Crippen molar-refractivity contribution < 1.29 is 9.53 Å². The number of benzene rings is 4. The molecule has 0 unspecified atom stereocenters. The normalized spacial score (nSPS) is 11.1. The first-order valence-corrected chi connectivity index (χ1v) is 11.6. The van der Waals surface area contributed by atoms with Crippen molar-refractivity contribution in [3.8, 4) is 17.1 Å². The standard InChI is InChI=1S/C28H18BrN3O3/c29-22-16-14-20(15-17-22)28(34)35-25-13-7-4-10-21(25)18-30-32-26(19-8-2-1-3-9-19)31-24-12-6-5-11-23(24)27(32)33/h1-18H. The van der Waals surface area contributed by atoms with Gasteiger partial charge in [-0.3, -0.25) is 4.79 Å². The fourth-order valence-electron chi connectivity index (χ4n) is 3.55. The summed E-state index contributed by atoms with van der Waals surface area (Å²) >= 11 is 3.36. The van der Waals surface area contributed by atoms with Gasteiger partial charge < -0.3 is 4.74 Å². The van der Waals surface area contributed by atoms with Crippen molar-refractivity contribution in [3.05, 3.63) is 129 Å². The molecule has 4 aromatic carbocycles. The molecule has 0 aliphatic carbocycles. The second-order valence-corrected chi connectivity index (χ2v) is 8.53. The summed E-state index contributed by atoms with van der Waals surface area (Å²) in [6.45, 7) is 0. The van der Waals surface area contributed by atoms with Gasteiger partial charge in [0.25, 0.3) is 5.56 Å². The van der Waals surface area contributed by atoms with Gasteiger partial charge in [-0.1, -0.05) is 70.5 Å². The van der Waals surface area contributed by atoms with Crippen molar-refractivity contribution in [1.29, 1.82) is 0 Å². The third-order valence-corrected chi connectivity index (χ3v) is 5.83. The molecule has 0 N–H and O–H groups in total. The molecule has 0 saturated carbocycles. The van der Waals surface area contributed by atoms with E-state index in [9.17, 15) is 9.59 Å². The average Bonchev–Trinajstić information content (AvgIpc) is 2.90. The zero-order valence-electron chi connectivity index (χ0n) is 18.3. The van der Waals surface area contributed by atoms with E-state index in [1.165, 1.54) is 10.9 Å². The number of rotatable bonds is 5. The van der Waals surface area contributed by atoms with Crippen molar-refractivity contribution in [1.82, 2.24) is 9.66 Å². The molecule has 0 saturated heterocycles. The lowest BCUT2D eigenvalue weighted by atomic mass is 10.2. The molecule has 0 spiro atoms. The van der Waals surface area contributed by atoms with Crippen molar-refractivity contribution >= 4 is 39.0 Å². The number of carbonyl (C=O) groups excluding carboxylic acids is 1. The second kappa shape index (κ2) is 9.87. The quantitative estimate of drug-likeness (QED) is 0.162. The van der Waals surface area contributed by atoms with E-state index in [1.54, 1.807) is 66.7 Å². The number of esters is 1. The fourth-order valence-corrected chi connectivity index (χ4v) is 3.81. The number of halogens is 1. The van der Waals surface area contributed by atoms with Gasteiger partial charge >= 0.3 is 5.97 Å². The molecule has 0 bridgehead atoms. The molecule has 6 nitrogen and oxygen atoms in total. The van der Waals surface area contributed by atoms with Gasteiger partial charge in [0.1, 0.15) is 5.75 Å². The lowest BCUT2D eigenvalue weighted by Gasteiger charge is -2.10. The molecule has 5 rings (SSSR count). The van der Waals surface area contributed by atoms with Crippen molar-refractivity contribution in [3.63, 3.8) is 0 Å². The van der Waals surface area contributed by atoms with Gasteiger partial charge in [-0.15, -0.1) is 0 Å². The molecule has 0 aliphatic heterocycles. The average molecular weight is 524 g/mol. The van der Waals surface area contributed by atoms with E-state index >= 15 is 0 Å². The van der Waals surface area contributed by atoms with Crippen LogP contribution < -0.4 is 10.3 Å². The summed E-state index contributed by atoms with van der Waals surface area (Å²) < 4.78 is 7.76. The highest BCUT2D eigenvalue weighted by molar-refractivity contribution is 9.10. The van der Waals surface area contributed by atoms with Crippen LogP contribution in [-0.2, 0) is 0 Å². The summed E-state index contributed by atoms with van der Waals surface area (Å²) in [6.07, 6.45) is 1.49. The highest BCUT2D eigenvalue weighted by Crippen LogP contribution is 2.21. The fraction of sp³-hybridized carbons (Fsp3) is 0. The zero-order valence-corrected chi connectivity index (χ0v) is 19.9. The predicted molar refractivity (Wildman–Crippen MR) is 140 cm³/mol. The smallest absolute Gasteiger partial charge is 0.343 e. The highest BCUT2D eigenvalue weighted by atomic mass is 79.9. The molecular formula is C28H18BrN3O3. The first-order valence-electron chi connectivity index (χ1n) is 10.8. The summed E-state index contributed by atoms with van der Waals surface area (Å²) in [7, 11) is 0. The van der Waals surface area contributed by atoms with E-state index < -0.39 is 5.97 Å². The van der Waals surface area contributed by atoms with Crippen LogP contribution in [0.2, 0.25) is 0 Å². The van der Waals surface area contributed by atoms with Crippen molar-refractivity contribution in [2.45, 2.75) is 0 Å². The Labute approximate surface area is 209 Å². The topological polar surface area (TPSA) is 73.5 Å². The van der Waals surface area contributed by atoms with Crippen LogP contribution >= 0.6 is 15.9 Å². The van der Waals surface area contributed by atoms with Crippen molar-refractivity contribution in [2.24, 2.45) is 5.10 Å². The largest absolute Gasteiger partial charge is 0.422 e. The van der Waals surface area contributed by atoms with Gasteiger partial charge in [0.2, 0.25) is 0 Å². The lowest BCUT2D eigenvalue weighted by molar-refractivity contribution is 0.0734. The SMILES string of the molecule is O=C(Oc1ccccc1C=Nn1c(-c2ccccc2)nc2ccccc2c1=O)c1ccc(Br)cc1. The number of fused-ring (bicyclic) bond motifs is 1. The van der Waals surface area contributed by atoms with E-state index in [1.807, 2.05) is 36.4 Å². The third-order valence-electron chi connectivity index (χ3n) is 5.30. The summed E-state index contributed by atoms with van der Waals surface area (Å²) in [6, 6.07) is 30.4. The first kappa shape index (κ1) is 22.4. The Hall–Kier alpha value is -4.36. The van der Waals surface area contributed by atoms with Gasteiger partial charge in [-0.25, -0.2) is 9.78 Å². The molecule has 0 atom stereocenters. The number of para-hydroxylation sites is 2. The molecular weight excluding hydrogens is 506 g/mol. The van der Waals surface area contributed by atoms with Crippen molar-refractivity contribution in [2.75, 3.05) is 0 Å². The minimum Gasteiger partial charge on any atom is -0.422 e. The number of ether oxygens (including phenoxy) is 1. The molecule has 35 heavy (non-hydrogen) atoms. The summed E-state index contributed by atoms with van der Waals surface area (Å²) in [5, 5.41) is 4.93. The van der Waals surface area contributed by atoms with Gasteiger partial charge in [0, 0.05) is 15.6 Å². The van der Waals surface area contributed by atoms with Crippen LogP contribution in [0.1, 0.15) is 15.9 Å². The minimum atomic E-state index is -0.493. The molecule has 0 amide bonds. The molecule has 0 aliphatic rings. The van der Waals surface area contributed by atoms with Crippen LogP contribution in [0, 0.1) is 0 Å². The number of nitrogens with zero attached hydrogens (tertiary/aromatic N) is 3. The number of aromatic nitrogens is 2. The Bertz CT molecular complexity index is 1610. The summed E-state index contributed by atoms with van der Waals surface area (Å²) in [5.74, 6) is 0.245. The van der Waals surface area contributed by atoms with Crippen LogP contribution in [0.4, 0.5) is 0 Å². The molecule has 170 valence electrons. The minimum absolute atomic E-state index is 0.296. The van der Waals surface area contributed by atoms with Crippen LogP contribution in [-0.4, -0.2) is 21.8 Å². The molecule has 0 radical (unpaired) electrons. The number of hydrogen-bond donors (Lipinski definition) is 0. The lowest BCUT2D eigenvalue weighted by Crippen LogP contribution is -2.20. The Morgan fingerprint density at radius 3 is 2.34 bits per heavy atom. The Morgan fingerprint density at radius 1 is 0.857 bits per heavy atom. The van der Waals surface area contributed by atoms with Crippen LogP contribution in [0.5, 0.6) is 5.75 Å². The first-order chi connectivity index (χ1) is 17.1. The Balaban J connectivity index is 1.55. The summed E-state index contributed by atoms with van der Waals surface area (Å²) in [4.78, 5) is 30.7. The van der Waals surface area contributed by atoms with E-state index in [0.29, 0.717) is 33.6 Å². The molecule has 5 aromatic rings. The maximum Gasteiger partial charge on any atom is 0.343 e. The predicted octanol–water partition coefficient (Wildman–Crippen LogP) is 5.93. The number of carbonyl (C=O) groups is 1. The summed E-state index contributed by atoms with van der Waals surface area (Å²) in [5.41, 5.74) is 2.00. The second-order valence-electron chi connectivity index (χ2n) is 7.61. The Kier molecular flexibility index (Phi) is 6.32. The Morgan fingerprint density at radius 2 is 1.54 bits per heavy atom. The van der Waals surface area contributed by atoms with Crippen LogP contribution in [0.15, 0.2) is 117 Å².